The fourth-order valence-electron chi connectivity index (χ4n) is 3.74. The highest BCUT2D eigenvalue weighted by Gasteiger charge is 2.33. The molecule has 1 N–H and O–H groups in total. The van der Waals surface area contributed by atoms with Crippen molar-refractivity contribution in [2.75, 3.05) is 0 Å². The van der Waals surface area contributed by atoms with E-state index in [1.165, 1.54) is 25.7 Å². The summed E-state index contributed by atoms with van der Waals surface area (Å²) in [5.74, 6) is 1.39. The van der Waals surface area contributed by atoms with Crippen LogP contribution in [0.4, 0.5) is 0 Å². The van der Waals surface area contributed by atoms with E-state index >= 15 is 0 Å². The summed E-state index contributed by atoms with van der Waals surface area (Å²) in [7, 11) is 0. The van der Waals surface area contributed by atoms with Crippen molar-refractivity contribution in [2.45, 2.75) is 83.0 Å². The van der Waals surface area contributed by atoms with Gasteiger partial charge in [0, 0.05) is 16.8 Å². The fraction of sp³-hybridized carbons (Fsp3) is 0.941. The summed E-state index contributed by atoms with van der Waals surface area (Å²) in [6, 6.07) is 0.427. The molecular formula is C17H30BrNO. The number of rotatable bonds is 2. The minimum absolute atomic E-state index is 0.273. The van der Waals surface area contributed by atoms with Gasteiger partial charge in [0.15, 0.2) is 0 Å². The lowest BCUT2D eigenvalue weighted by molar-refractivity contribution is -0.127. The third-order valence-electron chi connectivity index (χ3n) is 5.33. The smallest absolute Gasteiger partial charge is 0.223 e. The van der Waals surface area contributed by atoms with Gasteiger partial charge in [-0.25, -0.2) is 0 Å². The van der Waals surface area contributed by atoms with Gasteiger partial charge in [-0.05, 0) is 62.7 Å². The first-order valence-corrected chi connectivity index (χ1v) is 9.22. The molecule has 2 aliphatic rings. The molecule has 0 aromatic rings. The molecule has 0 aromatic heterocycles. The van der Waals surface area contributed by atoms with Gasteiger partial charge in [0.05, 0.1) is 0 Å². The number of hydrogen-bond donors (Lipinski definition) is 1. The summed E-state index contributed by atoms with van der Waals surface area (Å²) in [6.07, 6.45) is 9.27. The molecule has 0 radical (unpaired) electrons. The van der Waals surface area contributed by atoms with Crippen LogP contribution < -0.4 is 5.32 Å². The summed E-state index contributed by atoms with van der Waals surface area (Å²) in [4.78, 5) is 13.0. The second-order valence-electron chi connectivity index (χ2n) is 7.87. The van der Waals surface area contributed by atoms with Gasteiger partial charge < -0.3 is 5.32 Å². The zero-order valence-electron chi connectivity index (χ0n) is 13.3. The lowest BCUT2D eigenvalue weighted by atomic mass is 9.69. The molecule has 0 unspecified atom stereocenters. The minimum Gasteiger partial charge on any atom is -0.353 e. The molecule has 0 aliphatic heterocycles. The first-order chi connectivity index (χ1) is 9.36. The number of nitrogens with one attached hydrogen (secondary N) is 1. The summed E-state index contributed by atoms with van der Waals surface area (Å²) in [5, 5.41) is 3.30. The van der Waals surface area contributed by atoms with Crippen LogP contribution in [-0.2, 0) is 4.79 Å². The summed E-state index contributed by atoms with van der Waals surface area (Å²) < 4.78 is 0. The Bertz CT molecular complexity index is 320. The summed E-state index contributed by atoms with van der Waals surface area (Å²) in [6.45, 7) is 6.99. The highest BCUT2D eigenvalue weighted by atomic mass is 79.9. The Balaban J connectivity index is 1.75. The molecule has 0 aromatic carbocycles. The monoisotopic (exact) mass is 343 g/mol. The molecule has 2 fully saturated rings. The molecule has 2 nitrogen and oxygen atoms in total. The first kappa shape index (κ1) is 16.3. The second-order valence-corrected chi connectivity index (χ2v) is 9.17. The van der Waals surface area contributed by atoms with E-state index in [9.17, 15) is 4.79 Å². The molecule has 3 heteroatoms. The number of halogens is 1. The van der Waals surface area contributed by atoms with E-state index in [-0.39, 0.29) is 5.92 Å². The van der Waals surface area contributed by atoms with E-state index in [2.05, 4.69) is 42.0 Å². The van der Waals surface area contributed by atoms with Gasteiger partial charge in [-0.3, -0.25) is 4.79 Å². The maximum atomic E-state index is 12.4. The average molecular weight is 344 g/mol. The van der Waals surface area contributed by atoms with Crippen LogP contribution in [0.5, 0.6) is 0 Å². The highest BCUT2D eigenvalue weighted by molar-refractivity contribution is 9.09. The first-order valence-electron chi connectivity index (χ1n) is 8.30. The molecule has 0 atom stereocenters. The highest BCUT2D eigenvalue weighted by Crippen LogP contribution is 2.40. The lowest BCUT2D eigenvalue weighted by Crippen LogP contribution is -2.42. The predicted molar refractivity (Wildman–Crippen MR) is 88.0 cm³/mol. The third kappa shape index (κ3) is 4.47. The molecule has 1 amide bonds. The molecular weight excluding hydrogens is 314 g/mol. The zero-order valence-corrected chi connectivity index (χ0v) is 14.8. The van der Waals surface area contributed by atoms with Gasteiger partial charge in [0.2, 0.25) is 5.91 Å². The van der Waals surface area contributed by atoms with Crippen molar-refractivity contribution < 1.29 is 4.79 Å². The van der Waals surface area contributed by atoms with Crippen LogP contribution >= 0.6 is 15.9 Å². The maximum Gasteiger partial charge on any atom is 0.223 e. The van der Waals surface area contributed by atoms with Crippen LogP contribution in [0, 0.1) is 17.3 Å². The quantitative estimate of drug-likeness (QED) is 0.725. The van der Waals surface area contributed by atoms with Crippen molar-refractivity contribution in [1.29, 1.82) is 0 Å². The van der Waals surface area contributed by atoms with E-state index < -0.39 is 0 Å². The molecule has 0 spiro atoms. The van der Waals surface area contributed by atoms with Crippen LogP contribution in [0.15, 0.2) is 0 Å². The molecule has 0 bridgehead atoms. The van der Waals surface area contributed by atoms with E-state index in [0.29, 0.717) is 22.2 Å². The zero-order chi connectivity index (χ0) is 14.8. The Labute approximate surface area is 132 Å². The van der Waals surface area contributed by atoms with E-state index in [4.69, 9.17) is 0 Å². The number of alkyl halides is 1. The Morgan fingerprint density at radius 2 is 1.50 bits per heavy atom. The predicted octanol–water partition coefficient (Wildman–Crippen LogP) is 4.66. The normalized spacial score (nSPS) is 35.6. The molecule has 2 saturated carbocycles. The number of carbonyl (C=O) groups excluding carboxylic acids is 1. The Morgan fingerprint density at radius 1 is 0.950 bits per heavy atom. The van der Waals surface area contributed by atoms with Crippen molar-refractivity contribution in [2.24, 2.45) is 17.3 Å². The van der Waals surface area contributed by atoms with Crippen molar-refractivity contribution >= 4 is 21.8 Å². The summed E-state index contributed by atoms with van der Waals surface area (Å²) in [5.41, 5.74) is 0.399. The maximum absolute atomic E-state index is 12.4. The van der Waals surface area contributed by atoms with Gasteiger partial charge in [-0.1, -0.05) is 36.7 Å². The lowest BCUT2D eigenvalue weighted by Gasteiger charge is -2.37. The van der Waals surface area contributed by atoms with Crippen molar-refractivity contribution in [3.63, 3.8) is 0 Å². The van der Waals surface area contributed by atoms with E-state index in [1.54, 1.807) is 0 Å². The van der Waals surface area contributed by atoms with Crippen LogP contribution in [0.1, 0.15) is 72.1 Å². The largest absolute Gasteiger partial charge is 0.353 e. The molecule has 2 rings (SSSR count). The second kappa shape index (κ2) is 6.81. The van der Waals surface area contributed by atoms with Gasteiger partial charge in [0.1, 0.15) is 0 Å². The van der Waals surface area contributed by atoms with Gasteiger partial charge in [-0.2, -0.15) is 0 Å². The van der Waals surface area contributed by atoms with Gasteiger partial charge in [-0.15, -0.1) is 0 Å². The standard InChI is InChI=1S/C17H30BrNO/c1-17(2,3)13-6-4-12(5-7-13)16(20)19-15-10-8-14(18)9-11-15/h12-15H,4-11H2,1-3H3,(H,19,20). The average Bonchev–Trinajstić information content (AvgIpc) is 2.40. The van der Waals surface area contributed by atoms with Crippen molar-refractivity contribution in [3.8, 4) is 0 Å². The molecule has 2 aliphatic carbocycles. The molecule has 116 valence electrons. The van der Waals surface area contributed by atoms with E-state index in [0.717, 1.165) is 31.6 Å². The number of carbonyl (C=O) groups is 1. The van der Waals surface area contributed by atoms with Crippen molar-refractivity contribution in [3.05, 3.63) is 0 Å². The molecule has 0 heterocycles. The van der Waals surface area contributed by atoms with Crippen LogP contribution in [-0.4, -0.2) is 16.8 Å². The van der Waals surface area contributed by atoms with Crippen LogP contribution in [0.2, 0.25) is 0 Å². The third-order valence-corrected chi connectivity index (χ3v) is 6.24. The number of amides is 1. The van der Waals surface area contributed by atoms with E-state index in [1.807, 2.05) is 0 Å². The SMILES string of the molecule is CC(C)(C)C1CCC(C(=O)NC2CCC(Br)CC2)CC1. The van der Waals surface area contributed by atoms with Gasteiger partial charge >= 0.3 is 0 Å². The van der Waals surface area contributed by atoms with Gasteiger partial charge in [0.25, 0.3) is 0 Å². The molecule has 0 saturated heterocycles. The van der Waals surface area contributed by atoms with Crippen molar-refractivity contribution in [1.82, 2.24) is 5.32 Å². The number of hydrogen-bond acceptors (Lipinski definition) is 1. The Hall–Kier alpha value is -0.0500. The minimum atomic E-state index is 0.273. The summed E-state index contributed by atoms with van der Waals surface area (Å²) >= 11 is 3.67. The molecule has 20 heavy (non-hydrogen) atoms. The topological polar surface area (TPSA) is 29.1 Å². The van der Waals surface area contributed by atoms with Crippen LogP contribution in [0.3, 0.4) is 0 Å². The Kier molecular flexibility index (Phi) is 5.56. The fourth-order valence-corrected chi connectivity index (χ4v) is 4.27. The Morgan fingerprint density at radius 3 is 2.00 bits per heavy atom. The van der Waals surface area contributed by atoms with Crippen LogP contribution in [0.25, 0.3) is 0 Å².